The van der Waals surface area contributed by atoms with E-state index in [9.17, 15) is 21.6 Å². The van der Waals surface area contributed by atoms with Gasteiger partial charge >= 0.3 is 0 Å². The van der Waals surface area contributed by atoms with Crippen molar-refractivity contribution in [3.63, 3.8) is 0 Å². The fourth-order valence-corrected chi connectivity index (χ4v) is 5.59. The van der Waals surface area contributed by atoms with E-state index in [2.05, 4.69) is 10.0 Å². The molecule has 1 amide bonds. The number of aryl methyl sites for hydroxylation is 1. The first-order valence-corrected chi connectivity index (χ1v) is 13.7. The summed E-state index contributed by atoms with van der Waals surface area (Å²) in [6.45, 7) is 5.96. The topological polar surface area (TPSA) is 119 Å². The van der Waals surface area contributed by atoms with Crippen LogP contribution in [0.4, 0.5) is 11.4 Å². The molecule has 0 radical (unpaired) electrons. The van der Waals surface area contributed by atoms with Gasteiger partial charge in [-0.1, -0.05) is 25.8 Å². The molecule has 0 aromatic heterocycles. The Bertz CT molecular complexity index is 1130. The van der Waals surface area contributed by atoms with Gasteiger partial charge in [-0.3, -0.25) is 9.52 Å². The first kappa shape index (κ1) is 25.7. The van der Waals surface area contributed by atoms with Crippen LogP contribution in [0.2, 0.25) is 0 Å². The number of benzene rings is 2. The first-order valence-electron chi connectivity index (χ1n) is 10.4. The minimum absolute atomic E-state index is 0.0185. The van der Waals surface area contributed by atoms with Gasteiger partial charge in [-0.15, -0.1) is 0 Å². The Morgan fingerprint density at radius 3 is 2.22 bits per heavy atom. The standard InChI is InChI=1S/C22H30N2O6S2/c1-4-6-7-14-31(26,27)16-22(25)23-19-9-8-17(3)21(15-19)32(28,29)24-18-10-12-20(13-11-18)30-5-2/h8-13,15,24H,4-7,14,16H2,1-3H3,(H,23,25). The summed E-state index contributed by atoms with van der Waals surface area (Å²) in [4.78, 5) is 12.2. The minimum Gasteiger partial charge on any atom is -0.494 e. The van der Waals surface area contributed by atoms with Crippen molar-refractivity contribution in [2.45, 2.75) is 44.9 Å². The number of sulfone groups is 1. The molecule has 0 fully saturated rings. The summed E-state index contributed by atoms with van der Waals surface area (Å²) < 4.78 is 57.8. The third-order valence-electron chi connectivity index (χ3n) is 4.59. The lowest BCUT2D eigenvalue weighted by atomic mass is 10.2. The third kappa shape index (κ3) is 7.83. The Kier molecular flexibility index (Phi) is 9.09. The van der Waals surface area contributed by atoms with Gasteiger partial charge in [0.2, 0.25) is 5.91 Å². The lowest BCUT2D eigenvalue weighted by Crippen LogP contribution is -2.25. The van der Waals surface area contributed by atoms with E-state index in [0.29, 0.717) is 30.0 Å². The number of rotatable bonds is 12. The lowest BCUT2D eigenvalue weighted by Gasteiger charge is -2.13. The van der Waals surface area contributed by atoms with Gasteiger partial charge in [0.25, 0.3) is 10.0 Å². The average molecular weight is 483 g/mol. The Labute approximate surface area is 190 Å². The fourth-order valence-electron chi connectivity index (χ4n) is 3.00. The van der Waals surface area contributed by atoms with Crippen molar-refractivity contribution in [2.24, 2.45) is 0 Å². The van der Waals surface area contributed by atoms with Crippen molar-refractivity contribution in [2.75, 3.05) is 28.2 Å². The Morgan fingerprint density at radius 1 is 0.938 bits per heavy atom. The highest BCUT2D eigenvalue weighted by molar-refractivity contribution is 7.92. The maximum atomic E-state index is 12.9. The van der Waals surface area contributed by atoms with Crippen LogP contribution in [-0.4, -0.2) is 40.9 Å². The lowest BCUT2D eigenvalue weighted by molar-refractivity contribution is -0.113. The molecule has 0 bridgehead atoms. The highest BCUT2D eigenvalue weighted by atomic mass is 32.2. The molecule has 0 unspecified atom stereocenters. The van der Waals surface area contributed by atoms with Gasteiger partial charge in [-0.05, 0) is 62.2 Å². The molecule has 0 aliphatic heterocycles. The predicted molar refractivity (Wildman–Crippen MR) is 126 cm³/mol. The van der Waals surface area contributed by atoms with Crippen molar-refractivity contribution in [3.05, 3.63) is 48.0 Å². The molecular weight excluding hydrogens is 452 g/mol. The number of carbonyl (C=O) groups excluding carboxylic acids is 1. The molecule has 176 valence electrons. The average Bonchev–Trinajstić information content (AvgIpc) is 2.70. The third-order valence-corrected chi connectivity index (χ3v) is 7.72. The van der Waals surface area contributed by atoms with Crippen molar-refractivity contribution >= 4 is 37.1 Å². The van der Waals surface area contributed by atoms with E-state index < -0.39 is 31.5 Å². The summed E-state index contributed by atoms with van der Waals surface area (Å²) in [6, 6.07) is 10.9. The molecule has 0 atom stereocenters. The van der Waals surface area contributed by atoms with Crippen LogP contribution in [0, 0.1) is 6.92 Å². The van der Waals surface area contributed by atoms with Gasteiger partial charge < -0.3 is 10.1 Å². The highest BCUT2D eigenvalue weighted by Gasteiger charge is 2.20. The van der Waals surface area contributed by atoms with Gasteiger partial charge in [0.05, 0.1) is 17.3 Å². The van der Waals surface area contributed by atoms with Gasteiger partial charge in [0.15, 0.2) is 9.84 Å². The van der Waals surface area contributed by atoms with Crippen molar-refractivity contribution in [1.82, 2.24) is 0 Å². The second-order valence-electron chi connectivity index (χ2n) is 7.39. The molecule has 0 aliphatic carbocycles. The van der Waals surface area contributed by atoms with E-state index in [1.54, 1.807) is 37.3 Å². The van der Waals surface area contributed by atoms with Crippen LogP contribution in [0.1, 0.15) is 38.7 Å². The zero-order valence-electron chi connectivity index (χ0n) is 18.6. The van der Waals surface area contributed by atoms with Crippen LogP contribution in [-0.2, 0) is 24.7 Å². The number of sulfonamides is 1. The quantitative estimate of drug-likeness (QED) is 0.445. The van der Waals surface area contributed by atoms with Crippen molar-refractivity contribution in [1.29, 1.82) is 0 Å². The predicted octanol–water partition coefficient (Wildman–Crippen LogP) is 3.74. The Balaban J connectivity index is 2.12. The normalized spacial score (nSPS) is 11.7. The van der Waals surface area contributed by atoms with E-state index in [1.165, 1.54) is 12.1 Å². The molecule has 0 heterocycles. The van der Waals surface area contributed by atoms with Crippen LogP contribution in [0.15, 0.2) is 47.4 Å². The molecular formula is C22H30N2O6S2. The second kappa shape index (κ2) is 11.3. The Morgan fingerprint density at radius 2 is 1.59 bits per heavy atom. The fraction of sp³-hybridized carbons (Fsp3) is 0.409. The van der Waals surface area contributed by atoms with E-state index in [4.69, 9.17) is 4.74 Å². The number of carbonyl (C=O) groups is 1. The molecule has 0 aliphatic rings. The molecule has 0 spiro atoms. The molecule has 2 N–H and O–H groups in total. The molecule has 0 saturated heterocycles. The molecule has 2 aromatic rings. The molecule has 2 aromatic carbocycles. The molecule has 10 heteroatoms. The number of ether oxygens (including phenoxy) is 1. The highest BCUT2D eigenvalue weighted by Crippen LogP contribution is 2.24. The van der Waals surface area contributed by atoms with Crippen LogP contribution in [0.3, 0.4) is 0 Å². The number of hydrogen-bond donors (Lipinski definition) is 2. The molecule has 8 nitrogen and oxygen atoms in total. The maximum Gasteiger partial charge on any atom is 0.262 e. The number of unbranched alkanes of at least 4 members (excludes halogenated alkanes) is 2. The smallest absolute Gasteiger partial charge is 0.262 e. The summed E-state index contributed by atoms with van der Waals surface area (Å²) in [6.07, 6.45) is 2.17. The second-order valence-corrected chi connectivity index (χ2v) is 11.2. The number of amides is 1. The van der Waals surface area contributed by atoms with Crippen molar-refractivity contribution < 1.29 is 26.4 Å². The van der Waals surface area contributed by atoms with Crippen LogP contribution in [0.25, 0.3) is 0 Å². The van der Waals surface area contributed by atoms with Crippen LogP contribution < -0.4 is 14.8 Å². The summed E-state index contributed by atoms with van der Waals surface area (Å²) in [7, 11) is -7.46. The van der Waals surface area contributed by atoms with Gasteiger partial charge in [-0.2, -0.15) is 0 Å². The summed E-state index contributed by atoms with van der Waals surface area (Å²) >= 11 is 0. The number of anilines is 2. The molecule has 2 rings (SSSR count). The minimum atomic E-state index is -3.94. The largest absolute Gasteiger partial charge is 0.494 e. The molecule has 0 saturated carbocycles. The number of hydrogen-bond acceptors (Lipinski definition) is 6. The van der Waals surface area contributed by atoms with E-state index in [1.807, 2.05) is 13.8 Å². The van der Waals surface area contributed by atoms with Gasteiger partial charge in [0.1, 0.15) is 11.5 Å². The van der Waals surface area contributed by atoms with Crippen LogP contribution in [0.5, 0.6) is 5.75 Å². The van der Waals surface area contributed by atoms with Crippen molar-refractivity contribution in [3.8, 4) is 5.75 Å². The molecule has 32 heavy (non-hydrogen) atoms. The maximum absolute atomic E-state index is 12.9. The van der Waals surface area contributed by atoms with E-state index >= 15 is 0 Å². The summed E-state index contributed by atoms with van der Waals surface area (Å²) in [5, 5.41) is 2.49. The first-order chi connectivity index (χ1) is 15.1. The zero-order chi connectivity index (χ0) is 23.8. The monoisotopic (exact) mass is 482 g/mol. The van der Waals surface area contributed by atoms with Crippen LogP contribution >= 0.6 is 0 Å². The van der Waals surface area contributed by atoms with Gasteiger partial charge in [-0.25, -0.2) is 16.8 Å². The van der Waals surface area contributed by atoms with E-state index in [0.717, 1.165) is 12.8 Å². The zero-order valence-corrected chi connectivity index (χ0v) is 20.2. The van der Waals surface area contributed by atoms with Gasteiger partial charge in [0, 0.05) is 11.4 Å². The number of nitrogens with one attached hydrogen (secondary N) is 2. The summed E-state index contributed by atoms with van der Waals surface area (Å²) in [5.74, 6) is -0.764. The summed E-state index contributed by atoms with van der Waals surface area (Å²) in [5.41, 5.74) is 1.05. The van der Waals surface area contributed by atoms with E-state index in [-0.39, 0.29) is 16.3 Å². The SMILES string of the molecule is CCCCCS(=O)(=O)CC(=O)Nc1ccc(C)c(S(=O)(=O)Nc2ccc(OCC)cc2)c1. The Hall–Kier alpha value is -2.59.